The first-order valence-electron chi connectivity index (χ1n) is 9.43. The molecule has 0 spiro atoms. The molecule has 1 amide bonds. The van der Waals surface area contributed by atoms with Gasteiger partial charge in [-0.2, -0.15) is 5.26 Å². The molecule has 0 aromatic heterocycles. The highest BCUT2D eigenvalue weighted by molar-refractivity contribution is 14.1. The van der Waals surface area contributed by atoms with Gasteiger partial charge in [-0.05, 0) is 82.3 Å². The van der Waals surface area contributed by atoms with E-state index in [4.69, 9.17) is 44.3 Å². The number of carbonyl (C=O) groups excluding carboxylic acids is 1. The number of nitriles is 1. The number of nitrogens with zero attached hydrogens (tertiary/aromatic N) is 1. The van der Waals surface area contributed by atoms with E-state index in [1.54, 1.807) is 36.4 Å². The van der Waals surface area contributed by atoms with Crippen molar-refractivity contribution in [2.24, 2.45) is 0 Å². The molecular weight excluding hydrogens is 598 g/mol. The number of anilines is 1. The van der Waals surface area contributed by atoms with Gasteiger partial charge in [-0.25, -0.2) is 0 Å². The second-order valence-electron chi connectivity index (χ2n) is 6.70. The largest absolute Gasteiger partial charge is 0.493 e. The molecule has 33 heavy (non-hydrogen) atoms. The molecule has 0 saturated heterocycles. The predicted molar refractivity (Wildman–Crippen MR) is 140 cm³/mol. The lowest BCUT2D eigenvalue weighted by Crippen LogP contribution is -2.13. The summed E-state index contributed by atoms with van der Waals surface area (Å²) in [7, 11) is 1.52. The van der Waals surface area contributed by atoms with Crippen molar-refractivity contribution < 1.29 is 14.3 Å². The molecular formula is C24H16Cl3IN2O3. The molecule has 168 valence electrons. The minimum Gasteiger partial charge on any atom is -0.493 e. The van der Waals surface area contributed by atoms with Crippen LogP contribution in [-0.4, -0.2) is 13.0 Å². The normalized spacial score (nSPS) is 11.0. The Labute approximate surface area is 220 Å². The maximum Gasteiger partial charge on any atom is 0.266 e. The van der Waals surface area contributed by atoms with Crippen LogP contribution in [0.1, 0.15) is 11.1 Å². The Kier molecular flexibility index (Phi) is 8.87. The summed E-state index contributed by atoms with van der Waals surface area (Å²) < 4.78 is 12.2. The molecule has 0 saturated carbocycles. The van der Waals surface area contributed by atoms with E-state index >= 15 is 0 Å². The summed E-state index contributed by atoms with van der Waals surface area (Å²) in [6.07, 6.45) is 1.47. The van der Waals surface area contributed by atoms with Crippen molar-refractivity contribution in [2.75, 3.05) is 12.4 Å². The van der Waals surface area contributed by atoms with E-state index in [-0.39, 0.29) is 5.57 Å². The first kappa shape index (κ1) is 25.2. The molecule has 3 rings (SSSR count). The Bertz CT molecular complexity index is 1260. The van der Waals surface area contributed by atoms with Gasteiger partial charge in [-0.1, -0.05) is 46.9 Å². The Morgan fingerprint density at radius 3 is 2.45 bits per heavy atom. The Morgan fingerprint density at radius 1 is 1.09 bits per heavy atom. The fraction of sp³-hybridized carbons (Fsp3) is 0.0833. The summed E-state index contributed by atoms with van der Waals surface area (Å²) in [6.45, 7) is 0.328. The van der Waals surface area contributed by atoms with Crippen LogP contribution in [0.25, 0.3) is 6.08 Å². The summed E-state index contributed by atoms with van der Waals surface area (Å²) >= 11 is 19.9. The second-order valence-corrected chi connectivity index (χ2v) is 9.12. The van der Waals surface area contributed by atoms with Crippen LogP contribution in [0.3, 0.4) is 0 Å². The Morgan fingerprint density at radius 2 is 1.82 bits per heavy atom. The molecule has 0 fully saturated rings. The Hall–Kier alpha value is -2.44. The van der Waals surface area contributed by atoms with Crippen LogP contribution in [0.15, 0.2) is 60.2 Å². The smallest absolute Gasteiger partial charge is 0.266 e. The zero-order chi connectivity index (χ0) is 24.0. The van der Waals surface area contributed by atoms with Crippen LogP contribution in [0.4, 0.5) is 5.69 Å². The van der Waals surface area contributed by atoms with Crippen LogP contribution >= 0.6 is 57.4 Å². The van der Waals surface area contributed by atoms with Gasteiger partial charge in [0.1, 0.15) is 18.2 Å². The maximum absolute atomic E-state index is 12.6. The van der Waals surface area contributed by atoms with E-state index < -0.39 is 5.91 Å². The first-order chi connectivity index (χ1) is 15.8. The van der Waals surface area contributed by atoms with E-state index in [0.29, 0.717) is 44.4 Å². The lowest BCUT2D eigenvalue weighted by molar-refractivity contribution is -0.112. The molecule has 0 radical (unpaired) electrons. The van der Waals surface area contributed by atoms with Crippen molar-refractivity contribution in [1.82, 2.24) is 0 Å². The molecule has 1 N–H and O–H groups in total. The number of rotatable bonds is 7. The molecule has 0 aliphatic rings. The van der Waals surface area contributed by atoms with Crippen molar-refractivity contribution in [1.29, 1.82) is 5.26 Å². The van der Waals surface area contributed by atoms with Crippen molar-refractivity contribution in [3.63, 3.8) is 0 Å². The van der Waals surface area contributed by atoms with Gasteiger partial charge in [-0.3, -0.25) is 4.79 Å². The zero-order valence-electron chi connectivity index (χ0n) is 17.2. The monoisotopic (exact) mass is 612 g/mol. The molecule has 0 heterocycles. The fourth-order valence-corrected chi connectivity index (χ4v) is 3.99. The average molecular weight is 614 g/mol. The highest BCUT2D eigenvalue weighted by atomic mass is 127. The summed E-state index contributed by atoms with van der Waals surface area (Å²) in [4.78, 5) is 12.6. The number of carbonyl (C=O) groups is 1. The SMILES string of the molecule is COc1cc(/C=C(\C#N)C(=O)Nc2ccc(Cl)c(Cl)c2)cc(I)c1OCc1ccc(Cl)cc1. The van der Waals surface area contributed by atoms with Gasteiger partial charge < -0.3 is 14.8 Å². The average Bonchev–Trinajstić information content (AvgIpc) is 2.79. The fourth-order valence-electron chi connectivity index (χ4n) is 2.79. The quantitative estimate of drug-likeness (QED) is 0.172. The third-order valence-corrected chi connectivity index (χ3v) is 6.19. The molecule has 0 aliphatic heterocycles. The predicted octanol–water partition coefficient (Wildman–Crippen LogP) is 7.38. The number of ether oxygens (including phenoxy) is 2. The third kappa shape index (κ3) is 6.78. The van der Waals surface area contributed by atoms with Gasteiger partial charge >= 0.3 is 0 Å². The second kappa shape index (κ2) is 11.6. The Balaban J connectivity index is 1.81. The van der Waals surface area contributed by atoms with E-state index in [1.807, 2.05) is 18.2 Å². The standard InChI is InChI=1S/C24H16Cl3IN2O3/c1-32-22-10-15(9-21(28)23(22)33-13-14-2-4-17(25)5-3-14)8-16(12-29)24(31)30-18-6-7-19(26)20(27)11-18/h2-11H,13H2,1H3,(H,30,31)/b16-8+. The van der Waals surface area contributed by atoms with Crippen molar-refractivity contribution >= 4 is 75.1 Å². The lowest BCUT2D eigenvalue weighted by Gasteiger charge is -2.14. The van der Waals surface area contributed by atoms with Gasteiger partial charge in [-0.15, -0.1) is 0 Å². The molecule has 0 unspecified atom stereocenters. The van der Waals surface area contributed by atoms with Gasteiger partial charge in [0.2, 0.25) is 0 Å². The van der Waals surface area contributed by atoms with E-state index in [0.717, 1.165) is 9.13 Å². The number of methoxy groups -OCH3 is 1. The highest BCUT2D eigenvalue weighted by Gasteiger charge is 2.15. The maximum atomic E-state index is 12.6. The van der Waals surface area contributed by atoms with Crippen molar-refractivity contribution in [3.05, 3.63) is 89.9 Å². The van der Waals surface area contributed by atoms with Crippen LogP contribution in [-0.2, 0) is 11.4 Å². The molecule has 3 aromatic carbocycles. The summed E-state index contributed by atoms with van der Waals surface area (Å²) in [6, 6.07) is 17.4. The minimum atomic E-state index is -0.576. The van der Waals surface area contributed by atoms with Crippen LogP contribution in [0, 0.1) is 14.9 Å². The molecule has 0 atom stereocenters. The molecule has 0 aliphatic carbocycles. The van der Waals surface area contributed by atoms with Crippen LogP contribution < -0.4 is 14.8 Å². The van der Waals surface area contributed by atoms with Crippen molar-refractivity contribution in [3.8, 4) is 17.6 Å². The minimum absolute atomic E-state index is 0.0891. The van der Waals surface area contributed by atoms with E-state index in [1.165, 1.54) is 19.3 Å². The van der Waals surface area contributed by atoms with E-state index in [2.05, 4.69) is 27.9 Å². The summed E-state index contributed by atoms with van der Waals surface area (Å²) in [5.74, 6) is 0.459. The summed E-state index contributed by atoms with van der Waals surface area (Å²) in [5, 5.41) is 13.5. The number of hydrogen-bond acceptors (Lipinski definition) is 4. The topological polar surface area (TPSA) is 71.3 Å². The van der Waals surface area contributed by atoms with Gasteiger partial charge in [0.05, 0.1) is 20.7 Å². The van der Waals surface area contributed by atoms with Crippen molar-refractivity contribution in [2.45, 2.75) is 6.61 Å². The van der Waals surface area contributed by atoms with Gasteiger partial charge in [0.15, 0.2) is 11.5 Å². The van der Waals surface area contributed by atoms with Gasteiger partial charge in [0.25, 0.3) is 5.91 Å². The first-order valence-corrected chi connectivity index (χ1v) is 11.6. The molecule has 5 nitrogen and oxygen atoms in total. The summed E-state index contributed by atoms with van der Waals surface area (Å²) in [5.41, 5.74) is 1.89. The highest BCUT2D eigenvalue weighted by Crippen LogP contribution is 2.35. The van der Waals surface area contributed by atoms with Gasteiger partial charge in [0, 0.05) is 10.7 Å². The zero-order valence-corrected chi connectivity index (χ0v) is 21.6. The number of hydrogen-bond donors (Lipinski definition) is 1. The number of benzene rings is 3. The number of halogens is 4. The van der Waals surface area contributed by atoms with Crippen LogP contribution in [0.2, 0.25) is 15.1 Å². The third-order valence-electron chi connectivity index (χ3n) is 4.40. The molecule has 9 heteroatoms. The molecule has 0 bridgehead atoms. The molecule has 3 aromatic rings. The number of amides is 1. The lowest BCUT2D eigenvalue weighted by atomic mass is 10.1. The number of nitrogens with one attached hydrogen (secondary N) is 1. The van der Waals surface area contributed by atoms with Crippen LogP contribution in [0.5, 0.6) is 11.5 Å². The van der Waals surface area contributed by atoms with E-state index in [9.17, 15) is 10.1 Å².